The van der Waals surface area contributed by atoms with Crippen molar-refractivity contribution < 1.29 is 19.4 Å². The number of aliphatic carboxylic acids is 1. The standard InChI is InChI=1S/C16H12O5/c17-11-3-1-10-6-13-9(2-4-16(19)20)5-12(18)8-15(13)21-14(10)7-11/h1,3,5-8,17H,2,4H2,(H,19,20). The second-order valence-corrected chi connectivity index (χ2v) is 4.86. The lowest BCUT2D eigenvalue weighted by molar-refractivity contribution is -0.136. The molecule has 1 aromatic rings. The molecule has 0 aromatic heterocycles. The minimum atomic E-state index is -0.915. The van der Waals surface area contributed by atoms with E-state index in [9.17, 15) is 14.7 Å². The molecule has 0 radical (unpaired) electrons. The third kappa shape index (κ3) is 2.58. The zero-order valence-corrected chi connectivity index (χ0v) is 11.0. The molecule has 3 rings (SSSR count). The molecule has 106 valence electrons. The summed E-state index contributed by atoms with van der Waals surface area (Å²) in [6.45, 7) is 0. The van der Waals surface area contributed by atoms with E-state index in [-0.39, 0.29) is 24.0 Å². The Morgan fingerprint density at radius 3 is 2.71 bits per heavy atom. The van der Waals surface area contributed by atoms with Gasteiger partial charge in [0.15, 0.2) is 5.43 Å². The zero-order valence-electron chi connectivity index (χ0n) is 11.0. The van der Waals surface area contributed by atoms with Gasteiger partial charge < -0.3 is 14.6 Å². The summed E-state index contributed by atoms with van der Waals surface area (Å²) >= 11 is 0. The number of carboxylic acid groups (broad SMARTS) is 1. The summed E-state index contributed by atoms with van der Waals surface area (Å²) in [4.78, 5) is 22.4. The molecule has 2 N–H and O–H groups in total. The Morgan fingerprint density at radius 1 is 1.14 bits per heavy atom. The molecule has 0 saturated carbocycles. The van der Waals surface area contributed by atoms with Crippen molar-refractivity contribution in [3.8, 4) is 17.1 Å². The van der Waals surface area contributed by atoms with E-state index in [1.54, 1.807) is 12.1 Å². The van der Waals surface area contributed by atoms with Gasteiger partial charge in [-0.2, -0.15) is 0 Å². The first-order chi connectivity index (χ1) is 10.0. The van der Waals surface area contributed by atoms with Gasteiger partial charge >= 0.3 is 5.97 Å². The number of hydrogen-bond donors (Lipinski definition) is 2. The van der Waals surface area contributed by atoms with Crippen LogP contribution in [0.2, 0.25) is 0 Å². The lowest BCUT2D eigenvalue weighted by Crippen LogP contribution is -2.06. The molecule has 5 nitrogen and oxygen atoms in total. The van der Waals surface area contributed by atoms with Crippen LogP contribution in [-0.2, 0) is 11.2 Å². The van der Waals surface area contributed by atoms with Crippen molar-refractivity contribution in [1.29, 1.82) is 0 Å². The van der Waals surface area contributed by atoms with E-state index in [4.69, 9.17) is 9.52 Å². The molecule has 1 heterocycles. The van der Waals surface area contributed by atoms with Crippen LogP contribution < -0.4 is 5.43 Å². The molecule has 1 aliphatic carbocycles. The number of carboxylic acids is 1. The number of aryl methyl sites for hydroxylation is 1. The van der Waals surface area contributed by atoms with Crippen LogP contribution in [0.25, 0.3) is 22.3 Å². The average molecular weight is 284 g/mol. The molecular weight excluding hydrogens is 272 g/mol. The van der Waals surface area contributed by atoms with E-state index in [0.29, 0.717) is 22.5 Å². The topological polar surface area (TPSA) is 87.7 Å². The van der Waals surface area contributed by atoms with Gasteiger partial charge in [-0.05, 0) is 36.2 Å². The highest BCUT2D eigenvalue weighted by molar-refractivity contribution is 5.85. The van der Waals surface area contributed by atoms with Gasteiger partial charge in [-0.3, -0.25) is 9.59 Å². The lowest BCUT2D eigenvalue weighted by atomic mass is 9.98. The molecule has 5 heteroatoms. The van der Waals surface area contributed by atoms with E-state index in [2.05, 4.69) is 0 Å². The largest absolute Gasteiger partial charge is 0.508 e. The van der Waals surface area contributed by atoms with Crippen molar-refractivity contribution in [1.82, 2.24) is 0 Å². The Hall–Kier alpha value is -2.82. The average Bonchev–Trinajstić information content (AvgIpc) is 2.42. The molecule has 0 fully saturated rings. The summed E-state index contributed by atoms with van der Waals surface area (Å²) in [6, 6.07) is 9.37. The Balaban J connectivity index is 2.22. The predicted octanol–water partition coefficient (Wildman–Crippen LogP) is 2.62. The fourth-order valence-electron chi connectivity index (χ4n) is 2.36. The van der Waals surface area contributed by atoms with Crippen molar-refractivity contribution in [2.45, 2.75) is 12.8 Å². The van der Waals surface area contributed by atoms with Crippen LogP contribution in [0.1, 0.15) is 12.0 Å². The number of benzene rings is 2. The van der Waals surface area contributed by atoms with Crippen LogP contribution in [0.5, 0.6) is 5.75 Å². The first kappa shape index (κ1) is 13.2. The maximum atomic E-state index is 11.7. The van der Waals surface area contributed by atoms with Crippen LogP contribution >= 0.6 is 0 Å². The number of hydrogen-bond acceptors (Lipinski definition) is 4. The van der Waals surface area contributed by atoms with Crippen LogP contribution in [0, 0.1) is 0 Å². The highest BCUT2D eigenvalue weighted by Gasteiger charge is 2.14. The molecule has 2 aliphatic rings. The molecule has 0 spiro atoms. The van der Waals surface area contributed by atoms with E-state index in [0.717, 1.165) is 5.39 Å². The number of carbonyl (C=O) groups is 1. The number of aromatic hydroxyl groups is 1. The summed E-state index contributed by atoms with van der Waals surface area (Å²) in [5.41, 5.74) is 1.61. The highest BCUT2D eigenvalue weighted by atomic mass is 16.4. The maximum absolute atomic E-state index is 11.7. The molecule has 0 amide bonds. The normalized spacial score (nSPS) is 11.0. The van der Waals surface area contributed by atoms with Crippen LogP contribution in [0.4, 0.5) is 0 Å². The Morgan fingerprint density at radius 2 is 1.95 bits per heavy atom. The van der Waals surface area contributed by atoms with Crippen molar-refractivity contribution in [2.24, 2.45) is 0 Å². The fourth-order valence-corrected chi connectivity index (χ4v) is 2.36. The predicted molar refractivity (Wildman–Crippen MR) is 76.7 cm³/mol. The summed E-state index contributed by atoms with van der Waals surface area (Å²) in [7, 11) is 0. The van der Waals surface area contributed by atoms with Gasteiger partial charge in [0.2, 0.25) is 0 Å². The highest BCUT2D eigenvalue weighted by Crippen LogP contribution is 2.31. The molecule has 21 heavy (non-hydrogen) atoms. The van der Waals surface area contributed by atoms with Gasteiger partial charge in [-0.1, -0.05) is 0 Å². The summed E-state index contributed by atoms with van der Waals surface area (Å²) in [6.07, 6.45) is 0.215. The first-order valence-corrected chi connectivity index (χ1v) is 6.44. The summed E-state index contributed by atoms with van der Waals surface area (Å²) in [5, 5.41) is 19.0. The minimum Gasteiger partial charge on any atom is -0.508 e. The smallest absolute Gasteiger partial charge is 0.303 e. The van der Waals surface area contributed by atoms with Gasteiger partial charge in [0.25, 0.3) is 0 Å². The van der Waals surface area contributed by atoms with Crippen LogP contribution in [0.15, 0.2) is 45.6 Å². The van der Waals surface area contributed by atoms with E-state index in [1.807, 2.05) is 6.07 Å². The summed E-state index contributed by atoms with van der Waals surface area (Å²) in [5.74, 6) is -0.446. The minimum absolute atomic E-state index is 0.0494. The van der Waals surface area contributed by atoms with Crippen molar-refractivity contribution in [3.63, 3.8) is 0 Å². The lowest BCUT2D eigenvalue weighted by Gasteiger charge is -2.11. The second kappa shape index (κ2) is 4.94. The third-order valence-corrected chi connectivity index (χ3v) is 3.33. The molecule has 0 bridgehead atoms. The number of fused-ring (bicyclic) bond motifs is 2. The number of phenolic OH excluding ortho intramolecular Hbond substituents is 1. The second-order valence-electron chi connectivity index (χ2n) is 4.86. The zero-order chi connectivity index (χ0) is 15.0. The monoisotopic (exact) mass is 284 g/mol. The Bertz CT molecular complexity index is 862. The quantitative estimate of drug-likeness (QED) is 0.722. The fraction of sp³-hybridized carbons (Fsp3) is 0.125. The van der Waals surface area contributed by atoms with E-state index < -0.39 is 5.97 Å². The van der Waals surface area contributed by atoms with Gasteiger partial charge in [0.05, 0.1) is 0 Å². The number of rotatable bonds is 3. The molecule has 1 aromatic carbocycles. The van der Waals surface area contributed by atoms with Crippen LogP contribution in [0.3, 0.4) is 0 Å². The first-order valence-electron chi connectivity index (χ1n) is 6.44. The third-order valence-electron chi connectivity index (χ3n) is 3.33. The van der Waals surface area contributed by atoms with E-state index in [1.165, 1.54) is 18.2 Å². The van der Waals surface area contributed by atoms with Gasteiger partial charge in [0, 0.05) is 29.5 Å². The van der Waals surface area contributed by atoms with Crippen LogP contribution in [-0.4, -0.2) is 16.2 Å². The SMILES string of the molecule is O=C(O)CCc1cc(=O)cc2oc3cc(O)ccc3cc1-2. The van der Waals surface area contributed by atoms with Gasteiger partial charge in [-0.25, -0.2) is 0 Å². The van der Waals surface area contributed by atoms with Crippen molar-refractivity contribution in [2.75, 3.05) is 0 Å². The molecule has 1 aliphatic heterocycles. The maximum Gasteiger partial charge on any atom is 0.303 e. The Labute approximate surface area is 119 Å². The van der Waals surface area contributed by atoms with Gasteiger partial charge in [0.1, 0.15) is 17.1 Å². The molecule has 0 saturated heterocycles. The van der Waals surface area contributed by atoms with Crippen molar-refractivity contribution in [3.05, 3.63) is 52.2 Å². The molecule has 0 atom stereocenters. The number of phenols is 1. The molecule has 0 unspecified atom stereocenters. The Kier molecular flexibility index (Phi) is 3.10. The summed E-state index contributed by atoms with van der Waals surface area (Å²) < 4.78 is 5.65. The molecular formula is C16H12O5. The van der Waals surface area contributed by atoms with Gasteiger partial charge in [-0.15, -0.1) is 0 Å². The van der Waals surface area contributed by atoms with Crippen molar-refractivity contribution >= 4 is 16.9 Å². The van der Waals surface area contributed by atoms with E-state index >= 15 is 0 Å².